The molecule has 2 atom stereocenters. The van der Waals surface area contributed by atoms with E-state index in [4.69, 9.17) is 22.7 Å². The van der Waals surface area contributed by atoms with E-state index in [1.807, 2.05) is 12.1 Å². The Bertz CT molecular complexity index is 493. The van der Waals surface area contributed by atoms with Crippen molar-refractivity contribution in [1.82, 2.24) is 4.90 Å². The van der Waals surface area contributed by atoms with Crippen LogP contribution in [0, 0.1) is 6.92 Å². The molecule has 1 fully saturated rings. The van der Waals surface area contributed by atoms with Gasteiger partial charge in [0.05, 0.1) is 19.3 Å². The molecular formula is C15H22N2O2S. The molecule has 0 amide bonds. The van der Waals surface area contributed by atoms with Crippen LogP contribution in [0.2, 0.25) is 0 Å². The summed E-state index contributed by atoms with van der Waals surface area (Å²) in [5.41, 5.74) is 9.01. The van der Waals surface area contributed by atoms with Gasteiger partial charge < -0.3 is 15.6 Å². The molecule has 2 unspecified atom stereocenters. The molecule has 0 spiro atoms. The quantitative estimate of drug-likeness (QED) is 0.818. The molecule has 1 aliphatic heterocycles. The summed E-state index contributed by atoms with van der Waals surface area (Å²) >= 11 is 5.00. The highest BCUT2D eigenvalue weighted by Gasteiger charge is 2.25. The van der Waals surface area contributed by atoms with Crippen molar-refractivity contribution in [2.45, 2.75) is 32.5 Å². The van der Waals surface area contributed by atoms with Crippen LogP contribution in [-0.4, -0.2) is 46.9 Å². The SMILES string of the molecule is Cc1cc(C(N)=S)ccc1CN1CC(CO)OCC1C. The van der Waals surface area contributed by atoms with Gasteiger partial charge in [0.15, 0.2) is 0 Å². The van der Waals surface area contributed by atoms with Gasteiger partial charge in [0, 0.05) is 24.7 Å². The Morgan fingerprint density at radius 3 is 2.90 bits per heavy atom. The topological polar surface area (TPSA) is 58.7 Å². The zero-order valence-electron chi connectivity index (χ0n) is 12.0. The number of hydrogen-bond acceptors (Lipinski definition) is 4. The zero-order chi connectivity index (χ0) is 14.7. The average Bonchev–Trinajstić information content (AvgIpc) is 2.43. The van der Waals surface area contributed by atoms with Crippen LogP contribution in [0.1, 0.15) is 23.6 Å². The molecule has 4 nitrogen and oxygen atoms in total. The lowest BCUT2D eigenvalue weighted by molar-refractivity contribution is -0.0806. The fourth-order valence-electron chi connectivity index (χ4n) is 2.45. The first-order valence-corrected chi connectivity index (χ1v) is 7.28. The van der Waals surface area contributed by atoms with Crippen LogP contribution < -0.4 is 5.73 Å². The van der Waals surface area contributed by atoms with Crippen LogP contribution in [0.4, 0.5) is 0 Å². The minimum atomic E-state index is -0.0811. The van der Waals surface area contributed by atoms with Crippen molar-refractivity contribution in [3.63, 3.8) is 0 Å². The predicted molar refractivity (Wildman–Crippen MR) is 83.8 cm³/mol. The lowest BCUT2D eigenvalue weighted by Gasteiger charge is -2.37. The monoisotopic (exact) mass is 294 g/mol. The maximum atomic E-state index is 9.23. The molecule has 5 heteroatoms. The summed E-state index contributed by atoms with van der Waals surface area (Å²) in [6, 6.07) is 6.44. The molecule has 1 heterocycles. The second-order valence-electron chi connectivity index (χ2n) is 5.42. The zero-order valence-corrected chi connectivity index (χ0v) is 12.8. The van der Waals surface area contributed by atoms with Gasteiger partial charge >= 0.3 is 0 Å². The predicted octanol–water partition coefficient (Wildman–Crippen LogP) is 1.21. The van der Waals surface area contributed by atoms with E-state index in [-0.39, 0.29) is 12.7 Å². The highest BCUT2D eigenvalue weighted by molar-refractivity contribution is 7.80. The van der Waals surface area contributed by atoms with E-state index in [9.17, 15) is 5.11 Å². The molecule has 0 aliphatic carbocycles. The molecule has 2 rings (SSSR count). The number of rotatable bonds is 4. The van der Waals surface area contributed by atoms with E-state index >= 15 is 0 Å². The van der Waals surface area contributed by atoms with Crippen LogP contribution in [-0.2, 0) is 11.3 Å². The van der Waals surface area contributed by atoms with Crippen LogP contribution in [0.3, 0.4) is 0 Å². The minimum Gasteiger partial charge on any atom is -0.394 e. The summed E-state index contributed by atoms with van der Waals surface area (Å²) in [6.07, 6.45) is -0.0811. The highest BCUT2D eigenvalue weighted by atomic mass is 32.1. The molecule has 0 radical (unpaired) electrons. The van der Waals surface area contributed by atoms with E-state index in [2.05, 4.69) is 24.8 Å². The number of morpholine rings is 1. The summed E-state index contributed by atoms with van der Waals surface area (Å²) in [6.45, 7) is 6.56. The van der Waals surface area contributed by atoms with Gasteiger partial charge in [-0.1, -0.05) is 24.4 Å². The average molecular weight is 294 g/mol. The van der Waals surface area contributed by atoms with Gasteiger partial charge in [-0.25, -0.2) is 0 Å². The van der Waals surface area contributed by atoms with Crippen LogP contribution in [0.5, 0.6) is 0 Å². The Balaban J connectivity index is 2.10. The normalized spacial score (nSPS) is 23.8. The Morgan fingerprint density at radius 1 is 1.55 bits per heavy atom. The largest absolute Gasteiger partial charge is 0.394 e. The fourth-order valence-corrected chi connectivity index (χ4v) is 2.58. The number of nitrogens with zero attached hydrogens (tertiary/aromatic N) is 1. The molecule has 0 saturated carbocycles. The smallest absolute Gasteiger partial charge is 0.103 e. The third-order valence-electron chi connectivity index (χ3n) is 3.84. The van der Waals surface area contributed by atoms with Gasteiger partial charge in [-0.2, -0.15) is 0 Å². The Labute approximate surface area is 125 Å². The van der Waals surface area contributed by atoms with E-state index < -0.39 is 0 Å². The van der Waals surface area contributed by atoms with Gasteiger partial charge in [-0.15, -0.1) is 0 Å². The first-order valence-electron chi connectivity index (χ1n) is 6.87. The summed E-state index contributed by atoms with van der Waals surface area (Å²) in [7, 11) is 0. The van der Waals surface area contributed by atoms with Crippen molar-refractivity contribution in [3.8, 4) is 0 Å². The standard InChI is InChI=1S/C15H22N2O2S/c1-10-5-12(15(16)20)3-4-13(10)6-17-7-14(8-18)19-9-11(17)2/h3-5,11,14,18H,6-9H2,1-2H3,(H2,16,20). The number of aliphatic hydroxyl groups is 1. The van der Waals surface area contributed by atoms with Crippen molar-refractivity contribution in [1.29, 1.82) is 0 Å². The Kier molecular flexibility index (Phi) is 5.10. The first kappa shape index (κ1) is 15.4. The Morgan fingerprint density at radius 2 is 2.30 bits per heavy atom. The molecule has 20 heavy (non-hydrogen) atoms. The Hall–Kier alpha value is -1.01. The van der Waals surface area contributed by atoms with Gasteiger partial charge in [-0.05, 0) is 31.0 Å². The molecule has 1 saturated heterocycles. The second kappa shape index (κ2) is 6.63. The second-order valence-corrected chi connectivity index (χ2v) is 5.86. The minimum absolute atomic E-state index is 0.0720. The summed E-state index contributed by atoms with van der Waals surface area (Å²) in [5, 5.41) is 9.23. The number of hydrogen-bond donors (Lipinski definition) is 2. The van der Waals surface area contributed by atoms with Gasteiger partial charge in [0.25, 0.3) is 0 Å². The van der Waals surface area contributed by atoms with Gasteiger partial charge in [-0.3, -0.25) is 4.90 Å². The third-order valence-corrected chi connectivity index (χ3v) is 4.07. The summed E-state index contributed by atoms with van der Waals surface area (Å²) in [4.78, 5) is 2.77. The van der Waals surface area contributed by atoms with Crippen molar-refractivity contribution >= 4 is 17.2 Å². The van der Waals surface area contributed by atoms with E-state index in [1.165, 1.54) is 11.1 Å². The number of ether oxygens (including phenoxy) is 1. The molecular weight excluding hydrogens is 272 g/mol. The van der Waals surface area contributed by atoms with Crippen LogP contribution in [0.15, 0.2) is 18.2 Å². The number of aliphatic hydroxyl groups excluding tert-OH is 1. The third kappa shape index (κ3) is 3.55. The van der Waals surface area contributed by atoms with Crippen molar-refractivity contribution in [2.75, 3.05) is 19.8 Å². The highest BCUT2D eigenvalue weighted by Crippen LogP contribution is 2.18. The molecule has 1 aromatic carbocycles. The van der Waals surface area contributed by atoms with E-state index in [1.54, 1.807) is 0 Å². The van der Waals surface area contributed by atoms with Crippen LogP contribution >= 0.6 is 12.2 Å². The number of thiocarbonyl (C=S) groups is 1. The molecule has 1 aliphatic rings. The van der Waals surface area contributed by atoms with E-state index in [0.29, 0.717) is 17.6 Å². The van der Waals surface area contributed by atoms with Crippen molar-refractivity contribution < 1.29 is 9.84 Å². The lowest BCUT2D eigenvalue weighted by atomic mass is 10.0. The molecule has 1 aromatic rings. The maximum Gasteiger partial charge on any atom is 0.103 e. The van der Waals surface area contributed by atoms with Crippen molar-refractivity contribution in [3.05, 3.63) is 34.9 Å². The number of nitrogens with two attached hydrogens (primary N) is 1. The summed E-state index contributed by atoms with van der Waals surface area (Å²) < 4.78 is 5.56. The molecule has 110 valence electrons. The lowest BCUT2D eigenvalue weighted by Crippen LogP contribution is -2.48. The van der Waals surface area contributed by atoms with E-state index in [0.717, 1.165) is 18.7 Å². The van der Waals surface area contributed by atoms with Gasteiger partial charge in [0.2, 0.25) is 0 Å². The number of aryl methyl sites for hydroxylation is 1. The molecule has 0 aromatic heterocycles. The van der Waals surface area contributed by atoms with Gasteiger partial charge in [0.1, 0.15) is 4.99 Å². The fraction of sp³-hybridized carbons (Fsp3) is 0.533. The molecule has 3 N–H and O–H groups in total. The summed E-state index contributed by atoms with van der Waals surface area (Å²) in [5.74, 6) is 0. The molecule has 0 bridgehead atoms. The van der Waals surface area contributed by atoms with Crippen LogP contribution in [0.25, 0.3) is 0 Å². The first-order chi connectivity index (χ1) is 9.51. The van der Waals surface area contributed by atoms with Crippen molar-refractivity contribution in [2.24, 2.45) is 5.73 Å². The number of benzene rings is 1. The maximum absolute atomic E-state index is 9.23.